The Kier molecular flexibility index (Phi) is 21.2. The molecule has 0 aliphatic carbocycles. The molecule has 6 aromatic carbocycles. The molecule has 0 saturated carbocycles. The van der Waals surface area contributed by atoms with Gasteiger partial charge in [-0.2, -0.15) is 84.9 Å². The van der Waals surface area contributed by atoms with Crippen LogP contribution in [-0.2, 0) is 32.0 Å². The molecular formula is C34H34Cl2SiTi-4. The predicted octanol–water partition coefficient (Wildman–Crippen LogP) is 9.68. The zero-order chi connectivity index (χ0) is 25.8. The van der Waals surface area contributed by atoms with Crippen LogP contribution in [0.5, 0.6) is 0 Å². The van der Waals surface area contributed by atoms with E-state index >= 15 is 0 Å². The Morgan fingerprint density at radius 1 is 0.553 bits per heavy atom. The predicted molar refractivity (Wildman–Crippen MR) is 169 cm³/mol. The molecule has 0 fully saturated rings. The Hall–Kier alpha value is -2.39. The van der Waals surface area contributed by atoms with Gasteiger partial charge in [0, 0.05) is 0 Å². The van der Waals surface area contributed by atoms with Gasteiger partial charge in [0.05, 0.1) is 0 Å². The van der Waals surface area contributed by atoms with Crippen molar-refractivity contribution < 1.29 is 19.2 Å². The minimum atomic E-state index is 0. The van der Waals surface area contributed by atoms with Gasteiger partial charge in [0.2, 0.25) is 0 Å². The van der Waals surface area contributed by atoms with E-state index in [2.05, 4.69) is 106 Å². The van der Waals surface area contributed by atoms with Gasteiger partial charge in [0.25, 0.3) is 0 Å². The third-order valence-electron chi connectivity index (χ3n) is 5.39. The molecule has 38 heavy (non-hydrogen) atoms. The fraction of sp³-hybridized carbons (Fsp3) is 0.118. The second-order valence-electron chi connectivity index (χ2n) is 7.85. The van der Waals surface area contributed by atoms with Gasteiger partial charge >= 0.3 is 26.8 Å². The van der Waals surface area contributed by atoms with Crippen LogP contribution in [0.1, 0.15) is 25.0 Å². The van der Waals surface area contributed by atoms with Crippen LogP contribution < -0.4 is 0 Å². The molecule has 0 heterocycles. The smallest absolute Gasteiger partial charge is 0.171 e. The van der Waals surface area contributed by atoms with E-state index in [0.29, 0.717) is 0 Å². The molecule has 196 valence electrons. The van der Waals surface area contributed by atoms with Crippen molar-refractivity contribution >= 4 is 54.0 Å². The van der Waals surface area contributed by atoms with Crippen LogP contribution in [0.25, 0.3) is 21.5 Å². The molecule has 4 heteroatoms. The first-order valence-electron chi connectivity index (χ1n) is 12.2. The Morgan fingerprint density at radius 3 is 1.13 bits per heavy atom. The average molecular weight is 590 g/mol. The SMILES string of the molecule is CCc1cc2ccccc2[cH-]1.CCc1cc2ccccc2[cH-]1.Cl.Cl.[Si]=[Ti].[c-]1ccccc1.[c-]1ccccc1. The summed E-state index contributed by atoms with van der Waals surface area (Å²) in [5.41, 5.74) is 2.87. The molecule has 6 aromatic rings. The monoisotopic (exact) mass is 588 g/mol. The molecule has 0 amide bonds. The van der Waals surface area contributed by atoms with Gasteiger partial charge < -0.3 is 0 Å². The first kappa shape index (κ1) is 35.6. The average Bonchev–Trinajstić information content (AvgIpc) is 3.61. The topological polar surface area (TPSA) is 0 Å². The fourth-order valence-electron chi connectivity index (χ4n) is 3.52. The van der Waals surface area contributed by atoms with Crippen LogP contribution in [0, 0.1) is 12.1 Å². The van der Waals surface area contributed by atoms with Crippen LogP contribution in [0.15, 0.2) is 133 Å². The van der Waals surface area contributed by atoms with Crippen LogP contribution in [0.2, 0.25) is 0 Å². The number of aryl methyl sites for hydroxylation is 2. The largest absolute Gasteiger partial charge is 0.184 e. The normalized spacial score (nSPS) is 8.76. The van der Waals surface area contributed by atoms with Crippen LogP contribution in [0.4, 0.5) is 0 Å². The van der Waals surface area contributed by atoms with Crippen molar-refractivity contribution in [3.05, 3.63) is 157 Å². The van der Waals surface area contributed by atoms with Gasteiger partial charge in [-0.25, -0.2) is 0 Å². The van der Waals surface area contributed by atoms with Crippen LogP contribution in [-0.4, -0.2) is 7.63 Å². The van der Waals surface area contributed by atoms with Gasteiger partial charge in [-0.1, -0.05) is 26.0 Å². The van der Waals surface area contributed by atoms with E-state index in [0.717, 1.165) is 12.8 Å². The van der Waals surface area contributed by atoms with Crippen LogP contribution >= 0.6 is 24.8 Å². The number of hydrogen-bond acceptors (Lipinski definition) is 0. The number of halogens is 2. The molecule has 0 spiro atoms. The minimum absolute atomic E-state index is 0. The Bertz CT molecular complexity index is 1120. The molecule has 0 atom stereocenters. The van der Waals surface area contributed by atoms with Gasteiger partial charge in [0.15, 0.2) is 0 Å². The molecule has 0 aromatic heterocycles. The van der Waals surface area contributed by atoms with Crippen LogP contribution in [0.3, 0.4) is 0 Å². The van der Waals surface area contributed by atoms with Crippen molar-refractivity contribution in [1.29, 1.82) is 0 Å². The minimum Gasteiger partial charge on any atom is -0.184 e. The number of benzene rings is 4. The van der Waals surface area contributed by atoms with Gasteiger partial charge in [-0.3, -0.25) is 0 Å². The molecule has 2 radical (unpaired) electrons. The van der Waals surface area contributed by atoms with E-state index in [1.807, 2.05) is 60.7 Å². The molecule has 6 rings (SSSR count). The van der Waals surface area contributed by atoms with Crippen molar-refractivity contribution in [1.82, 2.24) is 0 Å². The standard InChI is InChI=1S/2C11H11.2C6H5.2ClH.Si.Ti/c2*1-2-9-7-10-5-3-4-6-11(10)8-9;2*1-2-4-6-5-3-1;;;;/h2*3-8H,2H2,1H3;2*1-5H;2*1H;;/q4*-1;;;;. The number of hydrogen-bond donors (Lipinski definition) is 0. The third-order valence-corrected chi connectivity index (χ3v) is 5.39. The maximum absolute atomic E-state index is 2.97. The van der Waals surface area contributed by atoms with Gasteiger partial charge in [-0.15, -0.1) is 106 Å². The first-order valence-corrected chi connectivity index (χ1v) is 15.0. The molecule has 0 aliphatic heterocycles. The summed E-state index contributed by atoms with van der Waals surface area (Å²) in [6, 6.07) is 51.0. The van der Waals surface area contributed by atoms with Crippen molar-refractivity contribution in [3.8, 4) is 0 Å². The van der Waals surface area contributed by atoms with E-state index in [1.165, 1.54) is 32.7 Å². The summed E-state index contributed by atoms with van der Waals surface area (Å²) in [5.74, 6) is 0. The summed E-state index contributed by atoms with van der Waals surface area (Å²) in [6.45, 7) is 4.38. The van der Waals surface area contributed by atoms with Crippen molar-refractivity contribution in [3.63, 3.8) is 0 Å². The Balaban J connectivity index is 0.000000478. The number of fused-ring (bicyclic) bond motifs is 2. The molecule has 0 bridgehead atoms. The second kappa shape index (κ2) is 22.6. The number of rotatable bonds is 2. The summed E-state index contributed by atoms with van der Waals surface area (Å²) in [6.07, 6.45) is 2.27. The Labute approximate surface area is 255 Å². The van der Waals surface area contributed by atoms with Gasteiger partial charge in [-0.05, 0) is 12.8 Å². The van der Waals surface area contributed by atoms with E-state index in [-0.39, 0.29) is 24.8 Å². The zero-order valence-electron chi connectivity index (χ0n) is 21.9. The first-order chi connectivity index (χ1) is 17.8. The quantitative estimate of drug-likeness (QED) is 0.139. The van der Waals surface area contributed by atoms with Crippen molar-refractivity contribution in [2.45, 2.75) is 26.7 Å². The van der Waals surface area contributed by atoms with E-state index in [4.69, 9.17) is 0 Å². The van der Waals surface area contributed by atoms with E-state index in [9.17, 15) is 0 Å². The van der Waals surface area contributed by atoms with Crippen molar-refractivity contribution in [2.75, 3.05) is 0 Å². The molecule has 0 saturated heterocycles. The fourth-order valence-corrected chi connectivity index (χ4v) is 3.52. The molecular weight excluding hydrogens is 555 g/mol. The molecule has 0 aliphatic rings. The summed E-state index contributed by atoms with van der Waals surface area (Å²) >= 11 is 1.81. The van der Waals surface area contributed by atoms with E-state index in [1.54, 1.807) is 19.2 Å². The summed E-state index contributed by atoms with van der Waals surface area (Å²) in [4.78, 5) is 0. The zero-order valence-corrected chi connectivity index (χ0v) is 26.1. The Morgan fingerprint density at radius 2 is 0.895 bits per heavy atom. The summed E-state index contributed by atoms with van der Waals surface area (Å²) in [7, 11) is 2.97. The van der Waals surface area contributed by atoms with Gasteiger partial charge in [0.1, 0.15) is 0 Å². The van der Waals surface area contributed by atoms with E-state index < -0.39 is 0 Å². The molecule has 0 N–H and O–H groups in total. The van der Waals surface area contributed by atoms with Crippen molar-refractivity contribution in [2.24, 2.45) is 0 Å². The molecule has 0 nitrogen and oxygen atoms in total. The summed E-state index contributed by atoms with van der Waals surface area (Å²) in [5, 5.41) is 5.46. The molecule has 0 unspecified atom stereocenters. The third kappa shape index (κ3) is 13.4. The maximum atomic E-state index is 2.97. The summed E-state index contributed by atoms with van der Waals surface area (Å²) < 4.78 is 0. The maximum Gasteiger partial charge on any atom is -0.171 e. The second-order valence-corrected chi connectivity index (χ2v) is 7.85.